The van der Waals surface area contributed by atoms with Gasteiger partial charge in [-0.15, -0.1) is 0 Å². The number of aliphatic carboxylic acids is 1. The summed E-state index contributed by atoms with van der Waals surface area (Å²) in [5.41, 5.74) is 0. The minimum Gasteiger partial charge on any atom is -0.481 e. The SMILES string of the molecule is CC(=O)CC(=O)O.CCCO.[CH2-]C.[Zr]. The number of hydrogen-bond donors (Lipinski definition) is 2. The molecule has 0 aromatic rings. The Bertz CT molecular complexity index is 112. The van der Waals surface area contributed by atoms with Crippen LogP contribution >= 0.6 is 0 Å². The minimum atomic E-state index is -1.06. The van der Waals surface area contributed by atoms with Crippen LogP contribution in [0.15, 0.2) is 0 Å². The van der Waals surface area contributed by atoms with Gasteiger partial charge in [-0.05, 0) is 13.3 Å². The van der Waals surface area contributed by atoms with Crippen molar-refractivity contribution in [2.24, 2.45) is 0 Å². The fraction of sp³-hybridized carbons (Fsp3) is 0.667. The molecule has 84 valence electrons. The third-order valence-electron chi connectivity index (χ3n) is 0.624. The van der Waals surface area contributed by atoms with Crippen LogP contribution in [0.2, 0.25) is 0 Å². The van der Waals surface area contributed by atoms with Gasteiger partial charge in [0, 0.05) is 32.8 Å². The standard InChI is InChI=1S/C4H6O3.C3H8O.C2H5.Zr/c1-3(5)2-4(6)7;1-2-3-4;1-2;/h2H2,1H3,(H,6,7);4H,2-3H2,1H3;1H2,2H3;/q;;-1;. The first-order valence-corrected chi connectivity index (χ1v) is 4.07. The molecule has 0 aromatic heterocycles. The van der Waals surface area contributed by atoms with Crippen LogP contribution in [0, 0.1) is 6.92 Å². The number of rotatable bonds is 3. The number of aliphatic hydroxyl groups excluding tert-OH is 1. The third kappa shape index (κ3) is 58.2. The van der Waals surface area contributed by atoms with Crippen LogP contribution in [0.4, 0.5) is 0 Å². The van der Waals surface area contributed by atoms with E-state index in [0.29, 0.717) is 6.61 Å². The molecule has 0 fully saturated rings. The van der Waals surface area contributed by atoms with Gasteiger partial charge in [0.15, 0.2) is 0 Å². The van der Waals surface area contributed by atoms with Crippen molar-refractivity contribution in [1.82, 2.24) is 0 Å². The van der Waals surface area contributed by atoms with E-state index in [0.717, 1.165) is 6.42 Å². The van der Waals surface area contributed by atoms with Crippen LogP contribution in [-0.4, -0.2) is 28.6 Å². The molecule has 0 unspecified atom stereocenters. The first-order valence-electron chi connectivity index (χ1n) is 4.07. The van der Waals surface area contributed by atoms with Gasteiger partial charge in [0.2, 0.25) is 0 Å². The van der Waals surface area contributed by atoms with E-state index in [9.17, 15) is 9.59 Å². The van der Waals surface area contributed by atoms with Gasteiger partial charge >= 0.3 is 5.97 Å². The molecule has 0 radical (unpaired) electrons. The van der Waals surface area contributed by atoms with Crippen molar-refractivity contribution >= 4 is 11.8 Å². The number of carboxylic acid groups (broad SMARTS) is 1. The van der Waals surface area contributed by atoms with E-state index in [-0.39, 0.29) is 38.4 Å². The van der Waals surface area contributed by atoms with Gasteiger partial charge in [0.25, 0.3) is 0 Å². The van der Waals surface area contributed by atoms with E-state index in [1.54, 1.807) is 6.92 Å². The molecule has 14 heavy (non-hydrogen) atoms. The normalized spacial score (nSPS) is 6.64. The molecule has 0 aliphatic rings. The summed E-state index contributed by atoms with van der Waals surface area (Å²) in [4.78, 5) is 19.5. The molecule has 2 N–H and O–H groups in total. The third-order valence-corrected chi connectivity index (χ3v) is 0.624. The summed E-state index contributed by atoms with van der Waals surface area (Å²) < 4.78 is 0. The zero-order chi connectivity index (χ0) is 11.3. The van der Waals surface area contributed by atoms with E-state index >= 15 is 0 Å². The predicted octanol–water partition coefficient (Wildman–Crippen LogP) is 1.28. The van der Waals surface area contributed by atoms with Gasteiger partial charge in [-0.25, -0.2) is 0 Å². The maximum atomic E-state index is 9.87. The van der Waals surface area contributed by atoms with Crippen LogP contribution in [0.3, 0.4) is 0 Å². The van der Waals surface area contributed by atoms with Crippen LogP contribution in [0.5, 0.6) is 0 Å². The van der Waals surface area contributed by atoms with Gasteiger partial charge < -0.3 is 17.1 Å². The average molecular weight is 282 g/mol. The fourth-order valence-corrected chi connectivity index (χ4v) is 0.213. The molecule has 0 saturated carbocycles. The Morgan fingerprint density at radius 2 is 1.57 bits per heavy atom. The van der Waals surface area contributed by atoms with Crippen LogP contribution < -0.4 is 0 Å². The Morgan fingerprint density at radius 1 is 1.29 bits per heavy atom. The smallest absolute Gasteiger partial charge is 0.310 e. The van der Waals surface area contributed by atoms with Crippen molar-refractivity contribution in [1.29, 1.82) is 0 Å². The quantitative estimate of drug-likeness (QED) is 0.604. The van der Waals surface area contributed by atoms with Crippen LogP contribution in [-0.2, 0) is 35.8 Å². The molecule has 5 heteroatoms. The summed E-state index contributed by atoms with van der Waals surface area (Å²) in [6, 6.07) is 0. The molecule has 4 nitrogen and oxygen atoms in total. The maximum absolute atomic E-state index is 9.87. The Kier molecular flexibility index (Phi) is 39.0. The molecule has 0 saturated heterocycles. The molecule has 0 spiro atoms. The fourth-order valence-electron chi connectivity index (χ4n) is 0.213. The van der Waals surface area contributed by atoms with Crippen molar-refractivity contribution in [3.63, 3.8) is 0 Å². The average Bonchev–Trinajstić information content (AvgIpc) is 2.06. The molecular weight excluding hydrogens is 263 g/mol. The van der Waals surface area contributed by atoms with E-state index in [4.69, 9.17) is 10.2 Å². The summed E-state index contributed by atoms with van der Waals surface area (Å²) in [5, 5.41) is 15.7. The van der Waals surface area contributed by atoms with Crippen LogP contribution in [0.25, 0.3) is 0 Å². The van der Waals surface area contributed by atoms with Gasteiger partial charge in [-0.3, -0.25) is 9.59 Å². The van der Waals surface area contributed by atoms with Crippen molar-refractivity contribution in [3.8, 4) is 0 Å². The van der Waals surface area contributed by atoms with Gasteiger partial charge in [0.1, 0.15) is 12.2 Å². The largest absolute Gasteiger partial charge is 0.481 e. The molecule has 0 aromatic carbocycles. The van der Waals surface area contributed by atoms with Gasteiger partial charge in [0.05, 0.1) is 0 Å². The van der Waals surface area contributed by atoms with Crippen LogP contribution in [0.1, 0.15) is 33.6 Å². The molecular formula is C9H19O4Zr-. The number of hydrogen-bond acceptors (Lipinski definition) is 3. The maximum Gasteiger partial charge on any atom is 0.310 e. The van der Waals surface area contributed by atoms with E-state index in [2.05, 4.69) is 6.92 Å². The van der Waals surface area contributed by atoms with Crippen molar-refractivity contribution < 1.29 is 46.0 Å². The summed E-state index contributed by atoms with van der Waals surface area (Å²) in [5.74, 6) is -1.37. The zero-order valence-electron chi connectivity index (χ0n) is 9.04. The number of ketones is 1. The topological polar surface area (TPSA) is 74.6 Å². The van der Waals surface area contributed by atoms with Crippen molar-refractivity contribution in [2.75, 3.05) is 6.61 Å². The first-order chi connectivity index (χ1) is 6.04. The second-order valence-corrected chi connectivity index (χ2v) is 2.00. The zero-order valence-corrected chi connectivity index (χ0v) is 11.5. The molecule has 0 amide bonds. The van der Waals surface area contributed by atoms with E-state index in [1.807, 2.05) is 6.92 Å². The number of Topliss-reactive ketones (excluding diaryl/α,β-unsaturated/α-hetero) is 1. The van der Waals surface area contributed by atoms with E-state index < -0.39 is 5.97 Å². The monoisotopic (exact) mass is 281 g/mol. The number of carbonyl (C=O) groups is 2. The Labute approximate surface area is 105 Å². The molecule has 0 bridgehead atoms. The molecule has 0 rings (SSSR count). The Hall–Kier alpha value is -0.0169. The predicted molar refractivity (Wildman–Crippen MR) is 51.3 cm³/mol. The van der Waals surface area contributed by atoms with Gasteiger partial charge in [-0.1, -0.05) is 6.92 Å². The second-order valence-electron chi connectivity index (χ2n) is 2.00. The van der Waals surface area contributed by atoms with E-state index in [1.165, 1.54) is 6.92 Å². The Balaban J connectivity index is -0.0000000620. The first kappa shape index (κ1) is 23.6. The summed E-state index contributed by atoms with van der Waals surface area (Å²) in [7, 11) is 0. The summed E-state index contributed by atoms with van der Waals surface area (Å²) in [6.45, 7) is 8.49. The second kappa shape index (κ2) is 23.1. The molecule has 0 aliphatic carbocycles. The van der Waals surface area contributed by atoms with Crippen molar-refractivity contribution in [3.05, 3.63) is 6.92 Å². The van der Waals surface area contributed by atoms with Gasteiger partial charge in [-0.2, -0.15) is 6.92 Å². The number of carbonyl (C=O) groups excluding carboxylic acids is 1. The van der Waals surface area contributed by atoms with Crippen molar-refractivity contribution in [2.45, 2.75) is 33.6 Å². The molecule has 0 atom stereocenters. The Morgan fingerprint density at radius 3 is 1.57 bits per heavy atom. The molecule has 0 heterocycles. The minimum absolute atomic E-state index is 0. The summed E-state index contributed by atoms with van der Waals surface area (Å²) >= 11 is 0. The summed E-state index contributed by atoms with van der Waals surface area (Å²) in [6.07, 6.45) is 0.514. The number of carboxylic acids is 1. The molecule has 0 aliphatic heterocycles. The number of aliphatic hydroxyl groups is 1.